The third-order valence-corrected chi connectivity index (χ3v) is 5.58. The Morgan fingerprint density at radius 2 is 1.96 bits per heavy atom. The number of para-hydroxylation sites is 1. The zero-order valence-corrected chi connectivity index (χ0v) is 15.2. The van der Waals surface area contributed by atoms with E-state index in [2.05, 4.69) is 15.8 Å². The number of carbonyl (C=O) groups excluding carboxylic acids is 1. The average molecular weight is 371 g/mol. The van der Waals surface area contributed by atoms with E-state index in [1.165, 1.54) is 11.8 Å². The Bertz CT molecular complexity index is 871. The van der Waals surface area contributed by atoms with Gasteiger partial charge in [0.25, 0.3) is 0 Å². The number of nitrogens with one attached hydrogen (secondary N) is 2. The Morgan fingerprint density at radius 1 is 1.20 bits per heavy atom. The molecule has 0 unspecified atom stereocenters. The molecule has 1 heterocycles. The molecule has 0 aliphatic rings. The van der Waals surface area contributed by atoms with Crippen LogP contribution >= 0.6 is 23.1 Å². The highest BCUT2D eigenvalue weighted by Crippen LogP contribution is 2.29. The van der Waals surface area contributed by atoms with Gasteiger partial charge in [-0.1, -0.05) is 30.0 Å². The summed E-state index contributed by atoms with van der Waals surface area (Å²) in [5, 5.41) is 9.34. The lowest BCUT2D eigenvalue weighted by molar-refractivity contribution is -0.119. The van der Waals surface area contributed by atoms with E-state index in [1.54, 1.807) is 35.6 Å². The Morgan fingerprint density at radius 3 is 2.68 bits per heavy atom. The number of hydrogen-bond acceptors (Lipinski definition) is 6. The van der Waals surface area contributed by atoms with Crippen molar-refractivity contribution in [2.75, 3.05) is 5.75 Å². The molecular weight excluding hydrogens is 354 g/mol. The van der Waals surface area contributed by atoms with Gasteiger partial charge in [-0.3, -0.25) is 15.6 Å². The maximum absolute atomic E-state index is 12.1. The number of hydrazine groups is 1. The fourth-order valence-electron chi connectivity index (χ4n) is 2.17. The van der Waals surface area contributed by atoms with Crippen molar-refractivity contribution in [1.82, 2.24) is 15.8 Å². The van der Waals surface area contributed by atoms with Gasteiger partial charge in [0.15, 0.2) is 4.34 Å². The summed E-state index contributed by atoms with van der Waals surface area (Å²) in [6.45, 7) is 1.87. The van der Waals surface area contributed by atoms with Crippen LogP contribution in [0.15, 0.2) is 58.9 Å². The van der Waals surface area contributed by atoms with E-state index in [9.17, 15) is 9.90 Å². The first-order chi connectivity index (χ1) is 12.2. The van der Waals surface area contributed by atoms with Crippen LogP contribution < -0.4 is 10.9 Å². The number of hydrogen-bond donors (Lipinski definition) is 3. The Balaban J connectivity index is 1.52. The van der Waals surface area contributed by atoms with Gasteiger partial charge in [0, 0.05) is 0 Å². The lowest BCUT2D eigenvalue weighted by atomic mass is 10.1. The molecule has 0 atom stereocenters. The van der Waals surface area contributed by atoms with Crippen LogP contribution in [-0.2, 0) is 4.79 Å². The van der Waals surface area contributed by atoms with E-state index >= 15 is 0 Å². The van der Waals surface area contributed by atoms with Crippen molar-refractivity contribution in [2.45, 2.75) is 11.3 Å². The molecule has 25 heavy (non-hydrogen) atoms. The highest BCUT2D eigenvalue weighted by molar-refractivity contribution is 8.01. The molecule has 2 aromatic carbocycles. The summed E-state index contributed by atoms with van der Waals surface area (Å²) in [5.74, 6) is 0.345. The van der Waals surface area contributed by atoms with Gasteiger partial charge in [0.05, 0.1) is 21.7 Å². The van der Waals surface area contributed by atoms with Gasteiger partial charge < -0.3 is 5.11 Å². The Kier molecular flexibility index (Phi) is 5.57. The zero-order chi connectivity index (χ0) is 17.6. The molecule has 0 fully saturated rings. The minimum atomic E-state index is -0.137. The SMILES string of the molecule is CC=C(NNC(=O)CSc1nc2ccccc2s1)c1ccc(O)cc1. The monoisotopic (exact) mass is 371 g/mol. The van der Waals surface area contributed by atoms with Crippen molar-refractivity contribution in [3.63, 3.8) is 0 Å². The second kappa shape index (κ2) is 8.04. The first kappa shape index (κ1) is 17.3. The van der Waals surface area contributed by atoms with Gasteiger partial charge in [-0.25, -0.2) is 4.98 Å². The molecule has 3 aromatic rings. The van der Waals surface area contributed by atoms with E-state index in [0.717, 1.165) is 25.8 Å². The van der Waals surface area contributed by atoms with E-state index in [1.807, 2.05) is 37.3 Å². The van der Waals surface area contributed by atoms with E-state index in [4.69, 9.17) is 0 Å². The molecule has 0 saturated heterocycles. The smallest absolute Gasteiger partial charge is 0.248 e. The van der Waals surface area contributed by atoms with Crippen LogP contribution in [0.25, 0.3) is 15.9 Å². The number of phenolic OH excluding ortho intramolecular Hbond substituents is 1. The second-order valence-corrected chi connectivity index (χ2v) is 7.41. The molecule has 0 bridgehead atoms. The first-order valence-corrected chi connectivity index (χ1v) is 9.45. The molecule has 0 radical (unpaired) electrons. The molecule has 0 aliphatic heterocycles. The highest BCUT2D eigenvalue weighted by atomic mass is 32.2. The maximum atomic E-state index is 12.1. The van der Waals surface area contributed by atoms with Gasteiger partial charge >= 0.3 is 0 Å². The van der Waals surface area contributed by atoms with Crippen LogP contribution in [0.1, 0.15) is 12.5 Å². The van der Waals surface area contributed by atoms with Crippen molar-refractivity contribution in [1.29, 1.82) is 0 Å². The average Bonchev–Trinajstić information content (AvgIpc) is 3.05. The number of phenols is 1. The molecule has 1 aromatic heterocycles. The number of aromatic hydroxyl groups is 1. The van der Waals surface area contributed by atoms with E-state index in [-0.39, 0.29) is 17.4 Å². The summed E-state index contributed by atoms with van der Waals surface area (Å²) in [7, 11) is 0. The molecule has 128 valence electrons. The van der Waals surface area contributed by atoms with Gasteiger partial charge in [-0.05, 0) is 48.9 Å². The molecule has 5 nitrogen and oxygen atoms in total. The Labute approximate surface area is 153 Å². The fourth-order valence-corrected chi connectivity index (χ4v) is 4.03. The Hall–Kier alpha value is -2.51. The quantitative estimate of drug-likeness (QED) is 0.454. The number of carbonyl (C=O) groups is 1. The van der Waals surface area contributed by atoms with Crippen LogP contribution in [0, 0.1) is 0 Å². The molecular formula is C18H17N3O2S2. The summed E-state index contributed by atoms with van der Waals surface area (Å²) >= 11 is 3.00. The summed E-state index contributed by atoms with van der Waals surface area (Å²) in [4.78, 5) is 16.6. The maximum Gasteiger partial charge on any atom is 0.248 e. The predicted octanol–water partition coefficient (Wildman–Crippen LogP) is 3.78. The minimum Gasteiger partial charge on any atom is -0.508 e. The number of nitrogens with zero attached hydrogens (tertiary/aromatic N) is 1. The molecule has 1 amide bonds. The van der Waals surface area contributed by atoms with Crippen molar-refractivity contribution in [3.05, 3.63) is 60.2 Å². The number of rotatable bonds is 6. The number of aromatic nitrogens is 1. The van der Waals surface area contributed by atoms with Crippen LogP contribution in [0.5, 0.6) is 5.75 Å². The fraction of sp³-hybridized carbons (Fsp3) is 0.111. The van der Waals surface area contributed by atoms with Crippen LogP contribution in [0.3, 0.4) is 0 Å². The summed E-state index contributed by atoms with van der Waals surface area (Å²) in [5.41, 5.74) is 8.20. The second-order valence-electron chi connectivity index (χ2n) is 5.16. The summed E-state index contributed by atoms with van der Waals surface area (Å²) in [6.07, 6.45) is 1.85. The summed E-state index contributed by atoms with van der Waals surface area (Å²) in [6, 6.07) is 14.7. The van der Waals surface area contributed by atoms with Crippen LogP contribution in [0.2, 0.25) is 0 Å². The molecule has 0 spiro atoms. The van der Waals surface area contributed by atoms with Gasteiger partial charge in [-0.2, -0.15) is 0 Å². The predicted molar refractivity (Wildman–Crippen MR) is 103 cm³/mol. The third-order valence-electron chi connectivity index (χ3n) is 3.40. The van der Waals surface area contributed by atoms with E-state index in [0.29, 0.717) is 0 Å². The molecule has 0 aliphatic carbocycles. The van der Waals surface area contributed by atoms with Gasteiger partial charge in [0.1, 0.15) is 5.75 Å². The molecule has 3 rings (SSSR count). The molecule has 7 heteroatoms. The van der Waals surface area contributed by atoms with Crippen molar-refractivity contribution >= 4 is 44.9 Å². The molecule has 0 saturated carbocycles. The summed E-state index contributed by atoms with van der Waals surface area (Å²) < 4.78 is 1.99. The normalized spacial score (nSPS) is 11.5. The number of allylic oxidation sites excluding steroid dienone is 1. The van der Waals surface area contributed by atoms with E-state index < -0.39 is 0 Å². The largest absolute Gasteiger partial charge is 0.508 e. The lowest BCUT2D eigenvalue weighted by Gasteiger charge is -2.12. The van der Waals surface area contributed by atoms with Crippen LogP contribution in [-0.4, -0.2) is 21.8 Å². The number of thioether (sulfide) groups is 1. The molecule has 3 N–H and O–H groups in total. The minimum absolute atomic E-state index is 0.137. The third kappa shape index (κ3) is 4.52. The standard InChI is InChI=1S/C18H17N3O2S2/c1-2-14(12-7-9-13(22)10-8-12)20-21-17(23)11-24-18-19-15-5-3-4-6-16(15)25-18/h2-10,20,22H,11H2,1H3,(H,21,23). The van der Waals surface area contributed by atoms with Crippen molar-refractivity contribution in [3.8, 4) is 5.75 Å². The lowest BCUT2D eigenvalue weighted by Crippen LogP contribution is -2.37. The van der Waals surface area contributed by atoms with Crippen molar-refractivity contribution < 1.29 is 9.90 Å². The van der Waals surface area contributed by atoms with Gasteiger partial charge in [-0.15, -0.1) is 11.3 Å². The number of benzene rings is 2. The zero-order valence-electron chi connectivity index (χ0n) is 13.5. The van der Waals surface area contributed by atoms with Crippen molar-refractivity contribution in [2.24, 2.45) is 0 Å². The number of amides is 1. The highest BCUT2D eigenvalue weighted by Gasteiger charge is 2.08. The number of thiazole rings is 1. The first-order valence-electron chi connectivity index (χ1n) is 7.64. The topological polar surface area (TPSA) is 74.2 Å². The van der Waals surface area contributed by atoms with Gasteiger partial charge in [0.2, 0.25) is 5.91 Å². The van der Waals surface area contributed by atoms with Crippen LogP contribution in [0.4, 0.5) is 0 Å². The number of fused-ring (bicyclic) bond motifs is 1.